The van der Waals surface area contributed by atoms with Gasteiger partial charge >= 0.3 is 0 Å². The fourth-order valence-corrected chi connectivity index (χ4v) is 2.85. The minimum Gasteiger partial charge on any atom is -0.382 e. The largest absolute Gasteiger partial charge is 0.382 e. The lowest BCUT2D eigenvalue weighted by atomic mass is 10.2. The van der Waals surface area contributed by atoms with Crippen LogP contribution in [-0.4, -0.2) is 70.6 Å². The van der Waals surface area contributed by atoms with E-state index >= 15 is 0 Å². The third kappa shape index (κ3) is 8.71. The van der Waals surface area contributed by atoms with Gasteiger partial charge in [-0.15, -0.1) is 10.2 Å². The minimum atomic E-state index is 0.496. The van der Waals surface area contributed by atoms with Crippen LogP contribution in [0.3, 0.4) is 0 Å². The molecule has 0 aliphatic rings. The third-order valence-corrected chi connectivity index (χ3v) is 4.51. The highest BCUT2D eigenvalue weighted by Crippen LogP contribution is 2.03. The summed E-state index contributed by atoms with van der Waals surface area (Å²) in [7, 11) is 1.96. The predicted octanol–water partition coefficient (Wildman–Crippen LogP) is 1.70. The molecule has 2 N–H and O–H groups in total. The number of rotatable bonds is 12. The summed E-state index contributed by atoms with van der Waals surface area (Å²) < 4.78 is 7.37. The average molecular weight is 382 g/mol. The Hall–Kier alpha value is -1.67. The first kappa shape index (κ1) is 23.4. The van der Waals surface area contributed by atoms with Crippen LogP contribution in [0, 0.1) is 6.92 Å². The molecule has 1 aromatic rings. The molecule has 0 saturated heterocycles. The summed E-state index contributed by atoms with van der Waals surface area (Å²) in [6.07, 6.45) is 0.946. The molecule has 8 nitrogen and oxygen atoms in total. The number of aryl methyl sites for hydroxylation is 1. The Morgan fingerprint density at radius 2 is 1.81 bits per heavy atom. The molecule has 0 saturated carbocycles. The van der Waals surface area contributed by atoms with Crippen molar-refractivity contribution in [2.24, 2.45) is 12.0 Å². The number of ether oxygens (including phenoxy) is 1. The molecule has 1 rings (SSSR count). The zero-order valence-electron chi connectivity index (χ0n) is 18.2. The zero-order chi connectivity index (χ0) is 20.2. The molecule has 0 amide bonds. The fourth-order valence-electron chi connectivity index (χ4n) is 2.85. The lowest BCUT2D eigenvalue weighted by Gasteiger charge is -2.30. The summed E-state index contributed by atoms with van der Waals surface area (Å²) in [6, 6.07) is 1.04. The van der Waals surface area contributed by atoms with Crippen molar-refractivity contribution < 1.29 is 4.74 Å². The molecular formula is C19H39N7O. The first-order chi connectivity index (χ1) is 12.9. The van der Waals surface area contributed by atoms with Gasteiger partial charge in [0.2, 0.25) is 0 Å². The molecule has 156 valence electrons. The molecule has 0 aromatic carbocycles. The lowest BCUT2D eigenvalue weighted by Crippen LogP contribution is -2.45. The molecule has 0 radical (unpaired) electrons. The van der Waals surface area contributed by atoms with E-state index in [9.17, 15) is 0 Å². The molecule has 27 heavy (non-hydrogen) atoms. The van der Waals surface area contributed by atoms with Crippen LogP contribution < -0.4 is 10.6 Å². The van der Waals surface area contributed by atoms with E-state index in [0.717, 1.165) is 56.9 Å². The van der Waals surface area contributed by atoms with Crippen LogP contribution in [0.2, 0.25) is 0 Å². The van der Waals surface area contributed by atoms with E-state index in [-0.39, 0.29) is 0 Å². The van der Waals surface area contributed by atoms with Crippen LogP contribution in [0.4, 0.5) is 0 Å². The molecular weight excluding hydrogens is 342 g/mol. The average Bonchev–Trinajstić information content (AvgIpc) is 2.93. The van der Waals surface area contributed by atoms with Crippen LogP contribution in [0.5, 0.6) is 0 Å². The van der Waals surface area contributed by atoms with Crippen molar-refractivity contribution in [3.63, 3.8) is 0 Å². The Labute approximate surface area is 164 Å². The Bertz CT molecular complexity index is 546. The zero-order valence-corrected chi connectivity index (χ0v) is 18.2. The van der Waals surface area contributed by atoms with E-state index in [1.165, 1.54) is 0 Å². The van der Waals surface area contributed by atoms with E-state index in [2.05, 4.69) is 58.4 Å². The number of guanidine groups is 1. The maximum Gasteiger partial charge on any atom is 0.191 e. The number of nitrogens with zero attached hydrogens (tertiary/aromatic N) is 5. The molecule has 0 fully saturated rings. The van der Waals surface area contributed by atoms with Gasteiger partial charge in [0, 0.05) is 52.0 Å². The van der Waals surface area contributed by atoms with Gasteiger partial charge in [0.15, 0.2) is 11.8 Å². The van der Waals surface area contributed by atoms with Gasteiger partial charge in [-0.1, -0.05) is 0 Å². The molecule has 0 aliphatic heterocycles. The summed E-state index contributed by atoms with van der Waals surface area (Å²) in [6.45, 7) is 17.5. The maximum absolute atomic E-state index is 5.40. The van der Waals surface area contributed by atoms with Crippen LogP contribution in [0.1, 0.15) is 52.7 Å². The smallest absolute Gasteiger partial charge is 0.191 e. The van der Waals surface area contributed by atoms with Gasteiger partial charge in [0.25, 0.3) is 0 Å². The van der Waals surface area contributed by atoms with E-state index in [0.29, 0.717) is 18.6 Å². The van der Waals surface area contributed by atoms with Gasteiger partial charge in [0.1, 0.15) is 12.4 Å². The Morgan fingerprint density at radius 3 is 2.37 bits per heavy atom. The second-order valence-corrected chi connectivity index (χ2v) is 7.22. The SMILES string of the molecule is CCOCCCNC(=NCc1nnc(C)n1C)NCCN(C(C)C)C(C)C. The van der Waals surface area contributed by atoms with Gasteiger partial charge in [-0.05, 0) is 48.0 Å². The van der Waals surface area contributed by atoms with Crippen molar-refractivity contribution in [2.75, 3.05) is 32.8 Å². The fraction of sp³-hybridized carbons (Fsp3) is 0.842. The van der Waals surface area contributed by atoms with Gasteiger partial charge in [-0.25, -0.2) is 4.99 Å². The van der Waals surface area contributed by atoms with Crippen LogP contribution >= 0.6 is 0 Å². The number of aromatic nitrogens is 3. The summed E-state index contributed by atoms with van der Waals surface area (Å²) in [4.78, 5) is 7.15. The normalized spacial score (nSPS) is 12.4. The monoisotopic (exact) mass is 381 g/mol. The third-order valence-electron chi connectivity index (χ3n) is 4.51. The molecule has 0 unspecified atom stereocenters. The van der Waals surface area contributed by atoms with Crippen molar-refractivity contribution in [2.45, 2.75) is 66.6 Å². The first-order valence-corrected chi connectivity index (χ1v) is 10.1. The summed E-state index contributed by atoms with van der Waals surface area (Å²) >= 11 is 0. The van der Waals surface area contributed by atoms with E-state index in [1.807, 2.05) is 25.5 Å². The Balaban J connectivity index is 2.61. The second-order valence-electron chi connectivity index (χ2n) is 7.22. The lowest BCUT2D eigenvalue weighted by molar-refractivity contribution is 0.145. The predicted molar refractivity (Wildman–Crippen MR) is 111 cm³/mol. The Morgan fingerprint density at radius 1 is 1.15 bits per heavy atom. The highest BCUT2D eigenvalue weighted by molar-refractivity contribution is 5.79. The van der Waals surface area contributed by atoms with Crippen molar-refractivity contribution in [3.05, 3.63) is 11.6 Å². The molecule has 0 atom stereocenters. The van der Waals surface area contributed by atoms with Crippen molar-refractivity contribution in [1.29, 1.82) is 0 Å². The summed E-state index contributed by atoms with van der Waals surface area (Å²) in [5.74, 6) is 2.55. The van der Waals surface area contributed by atoms with Gasteiger partial charge in [0.05, 0.1) is 0 Å². The van der Waals surface area contributed by atoms with Crippen molar-refractivity contribution in [1.82, 2.24) is 30.3 Å². The highest BCUT2D eigenvalue weighted by atomic mass is 16.5. The molecule has 0 bridgehead atoms. The van der Waals surface area contributed by atoms with Crippen LogP contribution in [0.25, 0.3) is 0 Å². The molecule has 8 heteroatoms. The summed E-state index contributed by atoms with van der Waals surface area (Å²) in [5, 5.41) is 15.1. The van der Waals surface area contributed by atoms with Gasteiger partial charge < -0.3 is 19.9 Å². The highest BCUT2D eigenvalue weighted by Gasteiger charge is 2.13. The first-order valence-electron chi connectivity index (χ1n) is 10.1. The van der Waals surface area contributed by atoms with Crippen LogP contribution in [0.15, 0.2) is 4.99 Å². The van der Waals surface area contributed by atoms with Gasteiger partial charge in [-0.2, -0.15) is 0 Å². The van der Waals surface area contributed by atoms with E-state index in [4.69, 9.17) is 4.74 Å². The number of nitrogens with one attached hydrogen (secondary N) is 2. The quantitative estimate of drug-likeness (QED) is 0.326. The second kappa shape index (κ2) is 12.7. The number of hydrogen-bond donors (Lipinski definition) is 2. The number of hydrogen-bond acceptors (Lipinski definition) is 5. The standard InChI is InChI=1S/C19H39N7O/c1-8-27-13-9-10-20-19(21-11-12-26(15(2)3)16(4)5)22-14-18-24-23-17(6)25(18)7/h15-16H,8-14H2,1-7H3,(H2,20,21,22). The molecule has 1 aromatic heterocycles. The van der Waals surface area contributed by atoms with E-state index < -0.39 is 0 Å². The minimum absolute atomic E-state index is 0.496. The molecule has 0 aliphatic carbocycles. The molecule has 0 spiro atoms. The van der Waals surface area contributed by atoms with Gasteiger partial charge in [-0.3, -0.25) is 4.90 Å². The van der Waals surface area contributed by atoms with Crippen LogP contribution in [-0.2, 0) is 18.3 Å². The number of aliphatic imine (C=N–C) groups is 1. The van der Waals surface area contributed by atoms with Crippen molar-refractivity contribution >= 4 is 5.96 Å². The van der Waals surface area contributed by atoms with Crippen molar-refractivity contribution in [3.8, 4) is 0 Å². The summed E-state index contributed by atoms with van der Waals surface area (Å²) in [5.41, 5.74) is 0. The molecule has 1 heterocycles. The topological polar surface area (TPSA) is 79.6 Å². The maximum atomic E-state index is 5.40. The Kier molecular flexibility index (Phi) is 11.0. The van der Waals surface area contributed by atoms with E-state index in [1.54, 1.807) is 0 Å².